The van der Waals surface area contributed by atoms with Crippen molar-refractivity contribution in [2.24, 2.45) is 0 Å². The van der Waals surface area contributed by atoms with E-state index in [0.29, 0.717) is 0 Å². The second kappa shape index (κ2) is 13.2. The van der Waals surface area contributed by atoms with Crippen LogP contribution in [0.25, 0.3) is 0 Å². The number of methoxy groups -OCH3 is 1. The maximum absolute atomic E-state index is 5.49. The van der Waals surface area contributed by atoms with Crippen molar-refractivity contribution in [1.29, 1.82) is 0 Å². The van der Waals surface area contributed by atoms with Crippen LogP contribution in [0.15, 0.2) is 84.9 Å². The largest absolute Gasteiger partial charge is 0.496 e. The second-order valence-electron chi connectivity index (χ2n) is 6.30. The molecule has 1 unspecified atom stereocenters. The zero-order valence-corrected chi connectivity index (χ0v) is 17.6. The fourth-order valence-corrected chi connectivity index (χ4v) is 3.09. The number of aryl methyl sites for hydroxylation is 1. The molecule has 0 bridgehead atoms. The lowest BCUT2D eigenvalue weighted by Crippen LogP contribution is -2.35. The van der Waals surface area contributed by atoms with Gasteiger partial charge in [-0.25, -0.2) is 0 Å². The van der Waals surface area contributed by atoms with Crippen LogP contribution in [0.3, 0.4) is 0 Å². The zero-order valence-electron chi connectivity index (χ0n) is 16.0. The summed E-state index contributed by atoms with van der Waals surface area (Å²) in [7, 11) is 1.73. The van der Waals surface area contributed by atoms with E-state index in [9.17, 15) is 0 Å². The quantitative estimate of drug-likeness (QED) is 0.449. The molecule has 150 valence electrons. The molecule has 0 saturated carbocycles. The molecule has 0 aliphatic heterocycles. The molecule has 0 heterocycles. The second-order valence-corrected chi connectivity index (χ2v) is 6.30. The van der Waals surface area contributed by atoms with Crippen LogP contribution in [0, 0.1) is 0 Å². The number of para-hydroxylation sites is 1. The Bertz CT molecular complexity index is 785. The SMILES string of the molecule is COc1ccccc1CCC(NNCc1ccccc1)c1ccccc1.Cl.Cl. The minimum absolute atomic E-state index is 0. The summed E-state index contributed by atoms with van der Waals surface area (Å²) in [5.74, 6) is 0.955. The Morgan fingerprint density at radius 2 is 1.39 bits per heavy atom. The van der Waals surface area contributed by atoms with Crippen molar-refractivity contribution in [1.82, 2.24) is 10.9 Å². The van der Waals surface area contributed by atoms with Crippen LogP contribution in [0.5, 0.6) is 5.75 Å². The van der Waals surface area contributed by atoms with E-state index in [0.717, 1.165) is 25.1 Å². The van der Waals surface area contributed by atoms with Gasteiger partial charge < -0.3 is 4.74 Å². The molecule has 28 heavy (non-hydrogen) atoms. The smallest absolute Gasteiger partial charge is 0.122 e. The van der Waals surface area contributed by atoms with Gasteiger partial charge in [-0.3, -0.25) is 10.9 Å². The predicted octanol–water partition coefficient (Wildman–Crippen LogP) is 5.51. The number of halogens is 2. The van der Waals surface area contributed by atoms with Crippen LogP contribution < -0.4 is 15.6 Å². The average Bonchev–Trinajstić information content (AvgIpc) is 2.72. The highest BCUT2D eigenvalue weighted by Crippen LogP contribution is 2.23. The van der Waals surface area contributed by atoms with E-state index >= 15 is 0 Å². The minimum atomic E-state index is 0. The van der Waals surface area contributed by atoms with Gasteiger partial charge in [-0.2, -0.15) is 0 Å². The molecule has 0 amide bonds. The topological polar surface area (TPSA) is 33.3 Å². The highest BCUT2D eigenvalue weighted by molar-refractivity contribution is 5.85. The summed E-state index contributed by atoms with van der Waals surface area (Å²) >= 11 is 0. The van der Waals surface area contributed by atoms with Gasteiger partial charge >= 0.3 is 0 Å². The fourth-order valence-electron chi connectivity index (χ4n) is 3.09. The van der Waals surface area contributed by atoms with Gasteiger partial charge in [0, 0.05) is 12.6 Å². The summed E-state index contributed by atoms with van der Waals surface area (Å²) in [6.07, 6.45) is 1.93. The van der Waals surface area contributed by atoms with Crippen molar-refractivity contribution in [3.8, 4) is 5.75 Å². The molecule has 5 heteroatoms. The van der Waals surface area contributed by atoms with E-state index < -0.39 is 0 Å². The van der Waals surface area contributed by atoms with Crippen LogP contribution in [-0.4, -0.2) is 7.11 Å². The fraction of sp³-hybridized carbons (Fsp3) is 0.217. The zero-order chi connectivity index (χ0) is 18.0. The Labute approximate surface area is 180 Å². The van der Waals surface area contributed by atoms with Gasteiger partial charge in [0.15, 0.2) is 0 Å². The molecule has 0 aliphatic carbocycles. The Balaban J connectivity index is 0.00000196. The van der Waals surface area contributed by atoms with Crippen LogP contribution in [0.1, 0.15) is 29.2 Å². The molecule has 1 atom stereocenters. The summed E-state index contributed by atoms with van der Waals surface area (Å²) in [6, 6.07) is 29.4. The van der Waals surface area contributed by atoms with E-state index in [1.807, 2.05) is 18.2 Å². The van der Waals surface area contributed by atoms with Gasteiger partial charge in [-0.05, 0) is 35.6 Å². The standard InChI is InChI=1S/C23H26N2O.2ClH/c1-26-23-15-9-8-14-21(23)16-17-22(20-12-6-3-7-13-20)25-24-18-19-10-4-2-5-11-19;;/h2-15,22,24-25H,16-18H2,1H3;2*1H. The van der Waals surface area contributed by atoms with Gasteiger partial charge in [0.05, 0.1) is 7.11 Å². The molecule has 0 aromatic heterocycles. The van der Waals surface area contributed by atoms with Gasteiger partial charge in [0.2, 0.25) is 0 Å². The molecular formula is C23H28Cl2N2O. The van der Waals surface area contributed by atoms with E-state index in [1.165, 1.54) is 16.7 Å². The molecule has 0 aliphatic rings. The monoisotopic (exact) mass is 418 g/mol. The van der Waals surface area contributed by atoms with Crippen molar-refractivity contribution < 1.29 is 4.74 Å². The number of ether oxygens (including phenoxy) is 1. The van der Waals surface area contributed by atoms with Gasteiger partial charge in [-0.1, -0.05) is 78.9 Å². The molecular weight excluding hydrogens is 391 g/mol. The lowest BCUT2D eigenvalue weighted by Gasteiger charge is -2.20. The Kier molecular flexibility index (Phi) is 11.3. The van der Waals surface area contributed by atoms with Crippen LogP contribution in [0.2, 0.25) is 0 Å². The highest BCUT2D eigenvalue weighted by atomic mass is 35.5. The lowest BCUT2D eigenvalue weighted by molar-refractivity contribution is 0.397. The lowest BCUT2D eigenvalue weighted by atomic mass is 9.99. The maximum Gasteiger partial charge on any atom is 0.122 e. The molecule has 3 rings (SSSR count). The summed E-state index contributed by atoms with van der Waals surface area (Å²) < 4.78 is 5.49. The number of nitrogens with one attached hydrogen (secondary N) is 2. The normalized spacial score (nSPS) is 11.0. The average molecular weight is 419 g/mol. The molecule has 3 nitrogen and oxygen atoms in total. The van der Waals surface area contributed by atoms with Gasteiger partial charge in [0.25, 0.3) is 0 Å². The number of benzene rings is 3. The van der Waals surface area contributed by atoms with E-state index in [4.69, 9.17) is 4.74 Å². The number of hydrogen-bond donors (Lipinski definition) is 2. The van der Waals surface area contributed by atoms with Crippen LogP contribution >= 0.6 is 24.8 Å². The molecule has 3 aromatic rings. The van der Waals surface area contributed by atoms with Crippen LogP contribution in [-0.2, 0) is 13.0 Å². The number of hydrogen-bond acceptors (Lipinski definition) is 3. The van der Waals surface area contributed by atoms with E-state index in [-0.39, 0.29) is 30.9 Å². The highest BCUT2D eigenvalue weighted by Gasteiger charge is 2.12. The van der Waals surface area contributed by atoms with Crippen molar-refractivity contribution in [3.63, 3.8) is 0 Å². The minimum Gasteiger partial charge on any atom is -0.496 e. The predicted molar refractivity (Wildman–Crippen MR) is 121 cm³/mol. The van der Waals surface area contributed by atoms with Crippen molar-refractivity contribution in [2.75, 3.05) is 7.11 Å². The molecule has 0 saturated heterocycles. The third-order valence-corrected chi connectivity index (χ3v) is 4.51. The number of hydrazine groups is 1. The first-order valence-corrected chi connectivity index (χ1v) is 9.06. The Hall–Kier alpha value is -2.04. The first kappa shape index (κ1) is 24.0. The van der Waals surface area contributed by atoms with Crippen molar-refractivity contribution >= 4 is 24.8 Å². The first-order valence-electron chi connectivity index (χ1n) is 9.06. The van der Waals surface area contributed by atoms with E-state index in [1.54, 1.807) is 7.11 Å². The number of rotatable bonds is 9. The van der Waals surface area contributed by atoms with Crippen molar-refractivity contribution in [2.45, 2.75) is 25.4 Å². The van der Waals surface area contributed by atoms with Gasteiger partial charge in [-0.15, -0.1) is 24.8 Å². The summed E-state index contributed by atoms with van der Waals surface area (Å²) in [6.45, 7) is 0.791. The van der Waals surface area contributed by atoms with Gasteiger partial charge in [0.1, 0.15) is 5.75 Å². The summed E-state index contributed by atoms with van der Waals surface area (Å²) in [4.78, 5) is 0. The van der Waals surface area contributed by atoms with Crippen LogP contribution in [0.4, 0.5) is 0 Å². The molecule has 0 spiro atoms. The molecule has 2 N–H and O–H groups in total. The molecule has 0 radical (unpaired) electrons. The van der Waals surface area contributed by atoms with Crippen molar-refractivity contribution in [3.05, 3.63) is 102 Å². The van der Waals surface area contributed by atoms with E-state index in [2.05, 4.69) is 77.6 Å². The third kappa shape index (κ3) is 7.17. The Morgan fingerprint density at radius 3 is 2.07 bits per heavy atom. The third-order valence-electron chi connectivity index (χ3n) is 4.51. The summed E-state index contributed by atoms with van der Waals surface area (Å²) in [5.41, 5.74) is 10.7. The Morgan fingerprint density at radius 1 is 0.786 bits per heavy atom. The molecule has 0 fully saturated rings. The first-order chi connectivity index (χ1) is 12.9. The molecule has 3 aromatic carbocycles. The maximum atomic E-state index is 5.49. The summed E-state index contributed by atoms with van der Waals surface area (Å²) in [5, 5.41) is 0.